The van der Waals surface area contributed by atoms with Crippen LogP contribution in [-0.4, -0.2) is 49.6 Å². The summed E-state index contributed by atoms with van der Waals surface area (Å²) in [6, 6.07) is 5.47. The fourth-order valence-corrected chi connectivity index (χ4v) is 6.52. The van der Waals surface area contributed by atoms with Crippen molar-refractivity contribution in [3.05, 3.63) is 23.8 Å². The summed E-state index contributed by atoms with van der Waals surface area (Å²) < 4.78 is 0. The molecule has 0 unspecified atom stereocenters. The molecule has 6 heteroatoms. The van der Waals surface area contributed by atoms with Crippen LogP contribution < -0.4 is 15.5 Å². The zero-order valence-electron chi connectivity index (χ0n) is 18.8. The monoisotopic (exact) mass is 412 g/mol. The van der Waals surface area contributed by atoms with E-state index in [1.54, 1.807) is 0 Å². The van der Waals surface area contributed by atoms with Gasteiger partial charge in [0.25, 0.3) is 5.91 Å². The van der Waals surface area contributed by atoms with Crippen molar-refractivity contribution in [2.75, 3.05) is 37.4 Å². The van der Waals surface area contributed by atoms with Crippen molar-refractivity contribution >= 4 is 23.3 Å². The highest BCUT2D eigenvalue weighted by Gasteiger charge is 2.51. The SMILES string of the molecule is CCN(CC)C(=O)c1cc(NC(=O)NC23CC4CC(CC(C4)C2)C3)ccc1N(C)C. The first kappa shape index (κ1) is 21.0. The Kier molecular flexibility index (Phi) is 5.69. The van der Waals surface area contributed by atoms with Gasteiger partial charge in [0.1, 0.15) is 0 Å². The van der Waals surface area contributed by atoms with Gasteiger partial charge in [0.15, 0.2) is 0 Å². The number of carbonyl (C=O) groups is 2. The molecule has 4 fully saturated rings. The Morgan fingerprint density at radius 1 is 1.00 bits per heavy atom. The lowest BCUT2D eigenvalue weighted by Gasteiger charge is -2.56. The van der Waals surface area contributed by atoms with Crippen LogP contribution in [0.2, 0.25) is 0 Å². The molecule has 4 saturated carbocycles. The molecule has 0 atom stereocenters. The molecule has 2 N–H and O–H groups in total. The summed E-state index contributed by atoms with van der Waals surface area (Å²) in [7, 11) is 3.86. The minimum absolute atomic E-state index is 0.00570. The molecule has 5 rings (SSSR count). The third-order valence-electron chi connectivity index (χ3n) is 7.43. The van der Waals surface area contributed by atoms with E-state index >= 15 is 0 Å². The first-order chi connectivity index (χ1) is 14.3. The third kappa shape index (κ3) is 4.01. The maximum Gasteiger partial charge on any atom is 0.319 e. The molecule has 30 heavy (non-hydrogen) atoms. The number of benzene rings is 1. The first-order valence-electron chi connectivity index (χ1n) is 11.5. The van der Waals surface area contributed by atoms with Crippen molar-refractivity contribution in [2.24, 2.45) is 17.8 Å². The quantitative estimate of drug-likeness (QED) is 0.731. The van der Waals surface area contributed by atoms with E-state index in [1.165, 1.54) is 19.3 Å². The summed E-state index contributed by atoms with van der Waals surface area (Å²) in [4.78, 5) is 29.7. The molecule has 3 amide bonds. The van der Waals surface area contributed by atoms with Crippen LogP contribution in [0.25, 0.3) is 0 Å². The minimum Gasteiger partial charge on any atom is -0.377 e. The Balaban J connectivity index is 1.49. The molecule has 0 spiro atoms. The van der Waals surface area contributed by atoms with Gasteiger partial charge in [-0.25, -0.2) is 4.79 Å². The van der Waals surface area contributed by atoms with Gasteiger partial charge < -0.3 is 20.4 Å². The van der Waals surface area contributed by atoms with Crippen LogP contribution in [0.15, 0.2) is 18.2 Å². The number of amides is 3. The van der Waals surface area contributed by atoms with Gasteiger partial charge in [0.05, 0.1) is 5.56 Å². The highest BCUT2D eigenvalue weighted by Crippen LogP contribution is 2.55. The molecule has 0 aliphatic heterocycles. The lowest BCUT2D eigenvalue weighted by Crippen LogP contribution is -2.60. The smallest absolute Gasteiger partial charge is 0.319 e. The number of nitrogens with one attached hydrogen (secondary N) is 2. The summed E-state index contributed by atoms with van der Waals surface area (Å²) in [6.45, 7) is 5.29. The van der Waals surface area contributed by atoms with Crippen LogP contribution in [0.3, 0.4) is 0 Å². The van der Waals surface area contributed by atoms with Crippen molar-refractivity contribution in [3.8, 4) is 0 Å². The van der Waals surface area contributed by atoms with Crippen LogP contribution in [0.5, 0.6) is 0 Å². The zero-order valence-corrected chi connectivity index (χ0v) is 18.8. The first-order valence-corrected chi connectivity index (χ1v) is 11.5. The molecule has 4 aliphatic carbocycles. The maximum atomic E-state index is 13.0. The number of hydrogen-bond donors (Lipinski definition) is 2. The van der Waals surface area contributed by atoms with E-state index in [0.29, 0.717) is 24.3 Å². The molecule has 0 heterocycles. The molecular formula is C24H36N4O2. The van der Waals surface area contributed by atoms with Crippen LogP contribution in [0.4, 0.5) is 16.2 Å². The van der Waals surface area contributed by atoms with Crippen molar-refractivity contribution in [1.82, 2.24) is 10.2 Å². The Bertz CT molecular complexity index is 780. The predicted octanol–water partition coefficient (Wildman–Crippen LogP) is 4.32. The number of carbonyl (C=O) groups excluding carboxylic acids is 2. The number of nitrogens with zero attached hydrogens (tertiary/aromatic N) is 2. The lowest BCUT2D eigenvalue weighted by atomic mass is 9.53. The summed E-state index contributed by atoms with van der Waals surface area (Å²) in [5.74, 6) is 2.35. The van der Waals surface area contributed by atoms with Gasteiger partial charge in [-0.1, -0.05) is 0 Å². The average molecular weight is 413 g/mol. The molecule has 164 valence electrons. The number of hydrogen-bond acceptors (Lipinski definition) is 3. The molecule has 1 aromatic carbocycles. The molecular weight excluding hydrogens is 376 g/mol. The standard InChI is InChI=1S/C24H36N4O2/c1-5-28(6-2)22(29)20-12-19(7-8-21(20)27(3)4)25-23(30)26-24-13-16-9-17(14-24)11-18(10-16)15-24/h7-8,12,16-18H,5-6,9-11,13-15H2,1-4H3,(H2,25,26,30). The minimum atomic E-state index is -0.143. The lowest BCUT2D eigenvalue weighted by molar-refractivity contribution is -0.0127. The normalized spacial score (nSPS) is 28.9. The molecule has 0 radical (unpaired) electrons. The van der Waals surface area contributed by atoms with Gasteiger partial charge in [-0.2, -0.15) is 0 Å². The van der Waals surface area contributed by atoms with Crippen LogP contribution in [0.1, 0.15) is 62.7 Å². The average Bonchev–Trinajstić information content (AvgIpc) is 2.67. The Morgan fingerprint density at radius 2 is 1.57 bits per heavy atom. The van der Waals surface area contributed by atoms with Gasteiger partial charge in [-0.05, 0) is 88.3 Å². The second-order valence-electron chi connectivity index (χ2n) is 9.88. The Morgan fingerprint density at radius 3 is 2.07 bits per heavy atom. The molecule has 1 aromatic rings. The van der Waals surface area contributed by atoms with Crippen LogP contribution >= 0.6 is 0 Å². The second-order valence-corrected chi connectivity index (χ2v) is 9.88. The van der Waals surface area contributed by atoms with Crippen molar-refractivity contribution in [1.29, 1.82) is 0 Å². The van der Waals surface area contributed by atoms with E-state index in [4.69, 9.17) is 0 Å². The Hall–Kier alpha value is -2.24. The topological polar surface area (TPSA) is 64.7 Å². The largest absolute Gasteiger partial charge is 0.377 e. The summed E-state index contributed by atoms with van der Waals surface area (Å²) >= 11 is 0. The van der Waals surface area contributed by atoms with E-state index in [2.05, 4.69) is 10.6 Å². The van der Waals surface area contributed by atoms with Gasteiger partial charge >= 0.3 is 6.03 Å². The van der Waals surface area contributed by atoms with E-state index in [1.807, 2.05) is 55.9 Å². The molecule has 6 nitrogen and oxygen atoms in total. The maximum absolute atomic E-state index is 13.0. The van der Waals surface area contributed by atoms with Gasteiger partial charge in [-0.3, -0.25) is 4.79 Å². The molecule has 4 aliphatic rings. The van der Waals surface area contributed by atoms with Crippen molar-refractivity contribution in [3.63, 3.8) is 0 Å². The summed E-state index contributed by atoms with van der Waals surface area (Å²) in [5, 5.41) is 6.36. The second kappa shape index (κ2) is 8.12. The Labute approximate surface area is 180 Å². The van der Waals surface area contributed by atoms with Crippen molar-refractivity contribution < 1.29 is 9.59 Å². The van der Waals surface area contributed by atoms with E-state index in [9.17, 15) is 9.59 Å². The number of anilines is 2. The molecule has 4 bridgehead atoms. The third-order valence-corrected chi connectivity index (χ3v) is 7.43. The molecule has 0 aromatic heterocycles. The number of urea groups is 1. The van der Waals surface area contributed by atoms with E-state index < -0.39 is 0 Å². The van der Waals surface area contributed by atoms with E-state index in [-0.39, 0.29) is 17.5 Å². The van der Waals surface area contributed by atoms with Gasteiger partial charge in [-0.15, -0.1) is 0 Å². The van der Waals surface area contributed by atoms with Crippen LogP contribution in [0, 0.1) is 17.8 Å². The zero-order chi connectivity index (χ0) is 21.5. The number of rotatable bonds is 6. The molecule has 0 saturated heterocycles. The van der Waals surface area contributed by atoms with Crippen LogP contribution in [-0.2, 0) is 0 Å². The van der Waals surface area contributed by atoms with Gasteiger partial charge in [0, 0.05) is 44.1 Å². The van der Waals surface area contributed by atoms with Gasteiger partial charge in [0.2, 0.25) is 0 Å². The summed E-state index contributed by atoms with van der Waals surface area (Å²) in [5.41, 5.74) is 2.12. The fraction of sp³-hybridized carbons (Fsp3) is 0.667. The van der Waals surface area contributed by atoms with E-state index in [0.717, 1.165) is 42.7 Å². The van der Waals surface area contributed by atoms with Crippen molar-refractivity contribution in [2.45, 2.75) is 57.9 Å². The highest BCUT2D eigenvalue weighted by atomic mass is 16.2. The highest BCUT2D eigenvalue weighted by molar-refractivity contribution is 6.02. The fourth-order valence-electron chi connectivity index (χ4n) is 6.52. The predicted molar refractivity (Wildman–Crippen MR) is 121 cm³/mol. The summed E-state index contributed by atoms with van der Waals surface area (Å²) in [6.07, 6.45) is 7.43.